The zero-order valence-corrected chi connectivity index (χ0v) is 21.2. The van der Waals surface area contributed by atoms with E-state index in [9.17, 15) is 4.79 Å². The summed E-state index contributed by atoms with van der Waals surface area (Å²) in [6, 6.07) is 15.3. The Morgan fingerprint density at radius 3 is 2.42 bits per heavy atom. The third kappa shape index (κ3) is 3.84. The summed E-state index contributed by atoms with van der Waals surface area (Å²) in [4.78, 5) is 18.1. The molecule has 0 amide bonds. The first-order valence-electron chi connectivity index (χ1n) is 11.7. The highest BCUT2D eigenvalue weighted by molar-refractivity contribution is 5.83. The van der Waals surface area contributed by atoms with E-state index in [1.165, 1.54) is 0 Å². The van der Waals surface area contributed by atoms with Crippen LogP contribution < -0.4 is 15.0 Å². The monoisotopic (exact) mass is 484 g/mol. The molecule has 0 radical (unpaired) electrons. The fraction of sp³-hybridized carbons (Fsp3) is 0.250. The second kappa shape index (κ2) is 9.03. The molecular formula is C28H28N4O4. The van der Waals surface area contributed by atoms with E-state index in [1.54, 1.807) is 24.9 Å². The van der Waals surface area contributed by atoms with Gasteiger partial charge in [0.15, 0.2) is 11.5 Å². The Hall–Kier alpha value is -4.33. The van der Waals surface area contributed by atoms with Crippen molar-refractivity contribution < 1.29 is 13.9 Å². The van der Waals surface area contributed by atoms with Crippen LogP contribution in [0.4, 0.5) is 0 Å². The van der Waals surface area contributed by atoms with Crippen molar-refractivity contribution in [2.24, 2.45) is 0 Å². The first-order chi connectivity index (χ1) is 17.3. The Labute approximate surface area is 208 Å². The molecule has 0 unspecified atom stereocenters. The van der Waals surface area contributed by atoms with E-state index in [-0.39, 0.29) is 12.1 Å². The standard InChI is InChI=1S/C28H28N4O4/c1-16-10-12-20(13-11-16)32-28-25(18(3)30-32)17(2)14-24(33)31(28)15-22-19(4)36-27(29-22)21-8-7-9-23(34-5)26(21)35-6/h7-14H,15H2,1-6H3. The summed E-state index contributed by atoms with van der Waals surface area (Å²) in [6.45, 7) is 8.02. The maximum Gasteiger partial charge on any atom is 0.252 e. The van der Waals surface area contributed by atoms with Crippen LogP contribution in [0.2, 0.25) is 0 Å². The molecule has 0 bridgehead atoms. The first-order valence-corrected chi connectivity index (χ1v) is 11.7. The summed E-state index contributed by atoms with van der Waals surface area (Å²) < 4.78 is 20.6. The van der Waals surface area contributed by atoms with E-state index in [2.05, 4.69) is 0 Å². The molecule has 0 N–H and O–H groups in total. The number of benzene rings is 2. The molecule has 0 atom stereocenters. The molecule has 0 spiro atoms. The van der Waals surface area contributed by atoms with E-state index in [0.717, 1.165) is 33.5 Å². The van der Waals surface area contributed by atoms with E-state index in [4.69, 9.17) is 24.0 Å². The van der Waals surface area contributed by atoms with Crippen LogP contribution in [0, 0.1) is 27.7 Å². The number of hydrogen-bond acceptors (Lipinski definition) is 6. The highest BCUT2D eigenvalue weighted by Crippen LogP contribution is 2.38. The van der Waals surface area contributed by atoms with Crippen molar-refractivity contribution in [1.82, 2.24) is 19.3 Å². The van der Waals surface area contributed by atoms with Gasteiger partial charge in [0.05, 0.1) is 37.7 Å². The average Bonchev–Trinajstić information content (AvgIpc) is 3.41. The van der Waals surface area contributed by atoms with Crippen LogP contribution in [0.5, 0.6) is 11.5 Å². The normalized spacial score (nSPS) is 11.3. The van der Waals surface area contributed by atoms with Crippen LogP contribution in [0.15, 0.2) is 57.7 Å². The Bertz CT molecular complexity index is 1640. The molecule has 8 heteroatoms. The van der Waals surface area contributed by atoms with Gasteiger partial charge in [0.1, 0.15) is 17.1 Å². The molecule has 3 aromatic heterocycles. The van der Waals surface area contributed by atoms with Gasteiger partial charge in [-0.25, -0.2) is 9.67 Å². The van der Waals surface area contributed by atoms with E-state index in [0.29, 0.717) is 34.4 Å². The van der Waals surface area contributed by atoms with Gasteiger partial charge >= 0.3 is 0 Å². The molecule has 0 saturated heterocycles. The van der Waals surface area contributed by atoms with Gasteiger partial charge in [-0.1, -0.05) is 23.8 Å². The fourth-order valence-corrected chi connectivity index (χ4v) is 4.58. The molecule has 0 saturated carbocycles. The summed E-state index contributed by atoms with van der Waals surface area (Å²) in [7, 11) is 3.16. The molecule has 3 heterocycles. The highest BCUT2D eigenvalue weighted by Gasteiger charge is 2.22. The molecule has 0 fully saturated rings. The molecule has 5 aromatic rings. The van der Waals surface area contributed by atoms with Crippen LogP contribution in [-0.4, -0.2) is 33.6 Å². The molecule has 5 rings (SSSR count). The summed E-state index contributed by atoms with van der Waals surface area (Å²) in [5.74, 6) is 2.14. The van der Waals surface area contributed by atoms with Crippen molar-refractivity contribution >= 4 is 11.0 Å². The fourth-order valence-electron chi connectivity index (χ4n) is 4.58. The van der Waals surface area contributed by atoms with Crippen molar-refractivity contribution in [2.45, 2.75) is 34.2 Å². The highest BCUT2D eigenvalue weighted by atomic mass is 16.5. The second-order valence-corrected chi connectivity index (χ2v) is 8.85. The number of rotatable bonds is 6. The third-order valence-corrected chi connectivity index (χ3v) is 6.40. The van der Waals surface area contributed by atoms with Crippen LogP contribution in [0.25, 0.3) is 28.2 Å². The molecular weight excluding hydrogens is 456 g/mol. The number of pyridine rings is 1. The maximum absolute atomic E-state index is 13.3. The van der Waals surface area contributed by atoms with Gasteiger partial charge in [-0.2, -0.15) is 5.10 Å². The molecule has 0 aliphatic rings. The van der Waals surface area contributed by atoms with E-state index < -0.39 is 0 Å². The lowest BCUT2D eigenvalue weighted by Gasteiger charge is -2.12. The minimum Gasteiger partial charge on any atom is -0.493 e. The minimum absolute atomic E-state index is 0.129. The number of ether oxygens (including phenoxy) is 2. The quantitative estimate of drug-likeness (QED) is 0.332. The van der Waals surface area contributed by atoms with Crippen molar-refractivity contribution in [1.29, 1.82) is 0 Å². The number of fused-ring (bicyclic) bond motifs is 1. The predicted octanol–water partition coefficient (Wildman–Crippen LogP) is 5.14. The van der Waals surface area contributed by atoms with E-state index >= 15 is 0 Å². The largest absolute Gasteiger partial charge is 0.493 e. The van der Waals surface area contributed by atoms with Crippen molar-refractivity contribution in [3.63, 3.8) is 0 Å². The number of methoxy groups -OCH3 is 2. The smallest absolute Gasteiger partial charge is 0.252 e. The summed E-state index contributed by atoms with van der Waals surface area (Å²) in [5.41, 5.74) is 5.71. The second-order valence-electron chi connectivity index (χ2n) is 8.85. The Morgan fingerprint density at radius 2 is 1.72 bits per heavy atom. The Balaban J connectivity index is 1.67. The molecule has 184 valence electrons. The third-order valence-electron chi connectivity index (χ3n) is 6.40. The molecule has 2 aromatic carbocycles. The lowest BCUT2D eigenvalue weighted by molar-refractivity contribution is 0.355. The van der Waals surface area contributed by atoms with Crippen LogP contribution in [-0.2, 0) is 6.54 Å². The van der Waals surface area contributed by atoms with Gasteiger partial charge in [0.25, 0.3) is 5.56 Å². The maximum atomic E-state index is 13.3. The van der Waals surface area contributed by atoms with Gasteiger partial charge in [0, 0.05) is 11.5 Å². The van der Waals surface area contributed by atoms with Crippen LogP contribution in [0.1, 0.15) is 28.3 Å². The molecule has 0 aliphatic heterocycles. The zero-order chi connectivity index (χ0) is 25.6. The SMILES string of the molecule is COc1cccc(-c2nc(Cn3c(=O)cc(C)c4c(C)nn(-c5ccc(C)cc5)c43)c(C)o2)c1OC. The van der Waals surface area contributed by atoms with Crippen molar-refractivity contribution in [3.8, 4) is 28.6 Å². The van der Waals surface area contributed by atoms with Crippen LogP contribution >= 0.6 is 0 Å². The number of oxazole rings is 1. The molecule has 36 heavy (non-hydrogen) atoms. The Morgan fingerprint density at radius 1 is 0.972 bits per heavy atom. The van der Waals surface area contributed by atoms with Crippen molar-refractivity contribution in [3.05, 3.63) is 87.2 Å². The van der Waals surface area contributed by atoms with Gasteiger partial charge in [-0.3, -0.25) is 9.36 Å². The lowest BCUT2D eigenvalue weighted by atomic mass is 10.1. The molecule has 8 nitrogen and oxygen atoms in total. The lowest BCUT2D eigenvalue weighted by Crippen LogP contribution is -2.23. The zero-order valence-electron chi connectivity index (χ0n) is 21.2. The van der Waals surface area contributed by atoms with Gasteiger partial charge < -0.3 is 13.9 Å². The minimum atomic E-state index is -0.129. The Kier molecular flexibility index (Phi) is 5.88. The van der Waals surface area contributed by atoms with E-state index in [1.807, 2.05) is 74.8 Å². The van der Waals surface area contributed by atoms with Gasteiger partial charge in [-0.05, 0) is 57.5 Å². The van der Waals surface area contributed by atoms with Gasteiger partial charge in [0.2, 0.25) is 5.89 Å². The van der Waals surface area contributed by atoms with Crippen molar-refractivity contribution in [2.75, 3.05) is 14.2 Å². The average molecular weight is 485 g/mol. The summed E-state index contributed by atoms with van der Waals surface area (Å²) in [5, 5.41) is 5.74. The number of para-hydroxylation sites is 1. The van der Waals surface area contributed by atoms with Gasteiger partial charge in [-0.15, -0.1) is 0 Å². The summed E-state index contributed by atoms with van der Waals surface area (Å²) >= 11 is 0. The number of hydrogen-bond donors (Lipinski definition) is 0. The number of aryl methyl sites for hydroxylation is 4. The first kappa shape index (κ1) is 23.4. The molecule has 0 aliphatic carbocycles. The number of nitrogens with zero attached hydrogens (tertiary/aromatic N) is 4. The van der Waals surface area contributed by atoms with Crippen LogP contribution in [0.3, 0.4) is 0 Å². The topological polar surface area (TPSA) is 84.3 Å². The summed E-state index contributed by atoms with van der Waals surface area (Å²) in [6.07, 6.45) is 0. The number of aromatic nitrogens is 4. The predicted molar refractivity (Wildman–Crippen MR) is 138 cm³/mol.